The summed E-state index contributed by atoms with van der Waals surface area (Å²) in [5.41, 5.74) is 3.75. The van der Waals surface area contributed by atoms with Gasteiger partial charge in [0.1, 0.15) is 0 Å². The average molecular weight is 366 g/mol. The van der Waals surface area contributed by atoms with Crippen molar-refractivity contribution in [2.24, 2.45) is 0 Å². The number of hydrogen-bond donors (Lipinski definition) is 2. The molecule has 1 aliphatic rings. The maximum atomic E-state index is 12.4. The highest BCUT2D eigenvalue weighted by molar-refractivity contribution is 9.10. The molecule has 0 saturated heterocycles. The molecule has 2 aromatic rings. The molecule has 1 heterocycles. The summed E-state index contributed by atoms with van der Waals surface area (Å²) in [7, 11) is 0. The fourth-order valence-corrected chi connectivity index (χ4v) is 2.94. The van der Waals surface area contributed by atoms with E-state index in [4.69, 9.17) is 11.6 Å². The Hall–Kier alpha value is -1.36. The first kappa shape index (κ1) is 14.6. The summed E-state index contributed by atoms with van der Waals surface area (Å²) in [6, 6.07) is 11.2. The number of amides is 1. The van der Waals surface area contributed by atoms with E-state index in [1.54, 1.807) is 12.1 Å². The molecule has 0 aliphatic carbocycles. The van der Waals surface area contributed by atoms with Gasteiger partial charge >= 0.3 is 0 Å². The van der Waals surface area contributed by atoms with Gasteiger partial charge in [0.05, 0.1) is 10.7 Å². The van der Waals surface area contributed by atoms with E-state index in [0.717, 1.165) is 24.0 Å². The van der Waals surface area contributed by atoms with Crippen molar-refractivity contribution in [1.29, 1.82) is 0 Å². The number of nitrogens with one attached hydrogen (secondary N) is 2. The van der Waals surface area contributed by atoms with Crippen LogP contribution in [0.2, 0.25) is 5.02 Å². The van der Waals surface area contributed by atoms with Crippen LogP contribution >= 0.6 is 27.5 Å². The van der Waals surface area contributed by atoms with Crippen LogP contribution in [0.5, 0.6) is 0 Å². The number of rotatable bonds is 2. The van der Waals surface area contributed by atoms with E-state index in [2.05, 4.69) is 26.6 Å². The fraction of sp³-hybridized carbons (Fsp3) is 0.188. The van der Waals surface area contributed by atoms with E-state index in [1.165, 1.54) is 11.1 Å². The summed E-state index contributed by atoms with van der Waals surface area (Å²) >= 11 is 9.47. The zero-order valence-electron chi connectivity index (χ0n) is 11.2. The molecule has 0 atom stereocenters. The fourth-order valence-electron chi connectivity index (χ4n) is 2.41. The van der Waals surface area contributed by atoms with Crippen LogP contribution in [0.25, 0.3) is 0 Å². The van der Waals surface area contributed by atoms with Crippen LogP contribution in [-0.2, 0) is 13.0 Å². The van der Waals surface area contributed by atoms with Gasteiger partial charge in [0, 0.05) is 16.6 Å². The number of fused-ring (bicyclic) bond motifs is 1. The van der Waals surface area contributed by atoms with Crippen molar-refractivity contribution in [2.45, 2.75) is 13.0 Å². The lowest BCUT2D eigenvalue weighted by molar-refractivity contribution is 0.102. The van der Waals surface area contributed by atoms with Gasteiger partial charge in [0.15, 0.2) is 0 Å². The molecule has 0 saturated carbocycles. The third-order valence-electron chi connectivity index (χ3n) is 3.53. The molecule has 1 amide bonds. The molecule has 0 aromatic heterocycles. The predicted molar refractivity (Wildman–Crippen MR) is 89.0 cm³/mol. The number of carbonyl (C=O) groups is 1. The topological polar surface area (TPSA) is 41.1 Å². The first-order valence-electron chi connectivity index (χ1n) is 6.72. The molecule has 0 unspecified atom stereocenters. The van der Waals surface area contributed by atoms with Crippen molar-refractivity contribution < 1.29 is 4.79 Å². The monoisotopic (exact) mass is 364 g/mol. The summed E-state index contributed by atoms with van der Waals surface area (Å²) < 4.78 is 0.872. The Morgan fingerprint density at radius 3 is 2.90 bits per heavy atom. The Bertz CT molecular complexity index is 703. The van der Waals surface area contributed by atoms with Gasteiger partial charge in [0.25, 0.3) is 5.91 Å². The molecule has 3 rings (SSSR count). The lowest BCUT2D eigenvalue weighted by atomic mass is 9.98. The van der Waals surface area contributed by atoms with E-state index in [9.17, 15) is 4.79 Å². The molecule has 2 aromatic carbocycles. The van der Waals surface area contributed by atoms with E-state index in [1.807, 2.05) is 24.3 Å². The van der Waals surface area contributed by atoms with Crippen LogP contribution in [0, 0.1) is 0 Å². The Kier molecular flexibility index (Phi) is 4.29. The summed E-state index contributed by atoms with van der Waals surface area (Å²) in [6.45, 7) is 1.81. The standard InChI is InChI=1S/C16H14BrClN2O/c17-13-3-4-14(18)15(8-13)20-16(21)11-2-1-10-5-6-19-9-12(10)7-11/h1-4,7-8,19H,5-6,9H2,(H,20,21). The molecule has 1 aliphatic heterocycles. The highest BCUT2D eigenvalue weighted by atomic mass is 79.9. The average Bonchev–Trinajstić information content (AvgIpc) is 2.50. The normalized spacial score (nSPS) is 13.6. The van der Waals surface area contributed by atoms with Gasteiger partial charge in [-0.05, 0) is 54.4 Å². The van der Waals surface area contributed by atoms with Crippen molar-refractivity contribution >= 4 is 39.1 Å². The van der Waals surface area contributed by atoms with Crippen molar-refractivity contribution in [3.05, 3.63) is 62.6 Å². The summed E-state index contributed by atoms with van der Waals surface area (Å²) in [5.74, 6) is -0.150. The second-order valence-corrected chi connectivity index (χ2v) is 6.31. The minimum atomic E-state index is -0.150. The number of carbonyl (C=O) groups excluding carboxylic acids is 1. The lowest BCUT2D eigenvalue weighted by Gasteiger charge is -2.17. The van der Waals surface area contributed by atoms with E-state index >= 15 is 0 Å². The summed E-state index contributed by atoms with van der Waals surface area (Å²) in [5, 5.41) is 6.69. The van der Waals surface area contributed by atoms with Crippen molar-refractivity contribution in [3.8, 4) is 0 Å². The van der Waals surface area contributed by atoms with E-state index < -0.39 is 0 Å². The maximum Gasteiger partial charge on any atom is 0.255 e. The zero-order chi connectivity index (χ0) is 14.8. The molecule has 5 heteroatoms. The minimum Gasteiger partial charge on any atom is -0.321 e. The Morgan fingerprint density at radius 1 is 1.19 bits per heavy atom. The van der Waals surface area contributed by atoms with Gasteiger partial charge in [-0.3, -0.25) is 4.79 Å². The SMILES string of the molecule is O=C(Nc1cc(Br)ccc1Cl)c1ccc2c(c1)CNCC2. The van der Waals surface area contributed by atoms with Crippen LogP contribution in [-0.4, -0.2) is 12.5 Å². The molecule has 0 spiro atoms. The third kappa shape index (κ3) is 3.28. The molecule has 0 bridgehead atoms. The lowest BCUT2D eigenvalue weighted by Crippen LogP contribution is -2.24. The molecular weight excluding hydrogens is 352 g/mol. The highest BCUT2D eigenvalue weighted by Crippen LogP contribution is 2.26. The minimum absolute atomic E-state index is 0.150. The van der Waals surface area contributed by atoms with Crippen LogP contribution in [0.15, 0.2) is 40.9 Å². The van der Waals surface area contributed by atoms with Gasteiger partial charge in [0.2, 0.25) is 0 Å². The van der Waals surface area contributed by atoms with Crippen molar-refractivity contribution in [1.82, 2.24) is 5.32 Å². The Morgan fingerprint density at radius 2 is 2.05 bits per heavy atom. The Balaban J connectivity index is 1.83. The number of benzene rings is 2. The zero-order valence-corrected chi connectivity index (χ0v) is 13.6. The molecule has 108 valence electrons. The molecular formula is C16H14BrClN2O. The smallest absolute Gasteiger partial charge is 0.255 e. The van der Waals surface area contributed by atoms with E-state index in [0.29, 0.717) is 16.3 Å². The molecule has 3 nitrogen and oxygen atoms in total. The number of anilines is 1. The molecule has 0 radical (unpaired) electrons. The molecule has 0 fully saturated rings. The first-order chi connectivity index (χ1) is 10.1. The van der Waals surface area contributed by atoms with Gasteiger partial charge in [-0.2, -0.15) is 0 Å². The van der Waals surface area contributed by atoms with Gasteiger partial charge in [-0.15, -0.1) is 0 Å². The van der Waals surface area contributed by atoms with Crippen molar-refractivity contribution in [3.63, 3.8) is 0 Å². The quantitative estimate of drug-likeness (QED) is 0.844. The maximum absolute atomic E-state index is 12.4. The molecule has 2 N–H and O–H groups in total. The summed E-state index contributed by atoms with van der Waals surface area (Å²) in [6.07, 6.45) is 1.01. The largest absolute Gasteiger partial charge is 0.321 e. The van der Waals surface area contributed by atoms with Gasteiger partial charge in [-0.25, -0.2) is 0 Å². The van der Waals surface area contributed by atoms with Crippen LogP contribution in [0.3, 0.4) is 0 Å². The van der Waals surface area contributed by atoms with E-state index in [-0.39, 0.29) is 5.91 Å². The van der Waals surface area contributed by atoms with Crippen LogP contribution in [0.1, 0.15) is 21.5 Å². The summed E-state index contributed by atoms with van der Waals surface area (Å²) in [4.78, 5) is 12.4. The predicted octanol–water partition coefficient (Wildman–Crippen LogP) is 4.00. The first-order valence-corrected chi connectivity index (χ1v) is 7.89. The second-order valence-electron chi connectivity index (χ2n) is 4.99. The van der Waals surface area contributed by atoms with Crippen LogP contribution < -0.4 is 10.6 Å². The third-order valence-corrected chi connectivity index (χ3v) is 4.35. The second kappa shape index (κ2) is 6.18. The number of halogens is 2. The van der Waals surface area contributed by atoms with Gasteiger partial charge in [-0.1, -0.05) is 33.6 Å². The van der Waals surface area contributed by atoms with Gasteiger partial charge < -0.3 is 10.6 Å². The van der Waals surface area contributed by atoms with Crippen LogP contribution in [0.4, 0.5) is 5.69 Å². The highest BCUT2D eigenvalue weighted by Gasteiger charge is 2.13. The number of hydrogen-bond acceptors (Lipinski definition) is 2. The Labute approximate surface area is 136 Å². The van der Waals surface area contributed by atoms with Crippen molar-refractivity contribution in [2.75, 3.05) is 11.9 Å². The molecule has 21 heavy (non-hydrogen) atoms.